The molecule has 1 saturated heterocycles. The molecule has 1 heterocycles. The lowest BCUT2D eigenvalue weighted by Gasteiger charge is -2.31. The molecular weight excluding hydrogens is 232 g/mol. The predicted octanol–water partition coefficient (Wildman–Crippen LogP) is 1.61. The first-order valence-electron chi connectivity index (χ1n) is 6.67. The molecule has 0 saturated carbocycles. The summed E-state index contributed by atoms with van der Waals surface area (Å²) in [6, 6.07) is 0. The highest BCUT2D eigenvalue weighted by Gasteiger charge is 2.36. The van der Waals surface area contributed by atoms with Crippen LogP contribution in [0.15, 0.2) is 12.2 Å². The highest BCUT2D eigenvalue weighted by Crippen LogP contribution is 2.32. The number of ether oxygens (including phenoxy) is 1. The van der Waals surface area contributed by atoms with E-state index in [0.29, 0.717) is 0 Å². The van der Waals surface area contributed by atoms with Crippen LogP contribution in [0.25, 0.3) is 0 Å². The van der Waals surface area contributed by atoms with Gasteiger partial charge in [0, 0.05) is 11.8 Å². The van der Waals surface area contributed by atoms with Crippen LogP contribution in [0.3, 0.4) is 0 Å². The fourth-order valence-corrected chi connectivity index (χ4v) is 2.85. The smallest absolute Gasteiger partial charge is 0.306 e. The summed E-state index contributed by atoms with van der Waals surface area (Å²) >= 11 is 0. The van der Waals surface area contributed by atoms with Crippen molar-refractivity contribution in [1.82, 2.24) is 0 Å². The molecule has 1 aliphatic heterocycles. The summed E-state index contributed by atoms with van der Waals surface area (Å²) in [6.07, 6.45) is 5.78. The average Bonchev–Trinajstić information content (AvgIpc) is 2.31. The molecule has 0 aromatic carbocycles. The van der Waals surface area contributed by atoms with Crippen molar-refractivity contribution in [2.24, 2.45) is 11.8 Å². The van der Waals surface area contributed by atoms with Crippen molar-refractivity contribution in [2.45, 2.75) is 51.2 Å². The maximum absolute atomic E-state index is 11.9. The molecule has 18 heavy (non-hydrogen) atoms. The number of carbonyl (C=O) groups is 2. The van der Waals surface area contributed by atoms with Gasteiger partial charge in [-0.2, -0.15) is 0 Å². The third-order valence-electron chi connectivity index (χ3n) is 3.89. The first-order valence-corrected chi connectivity index (χ1v) is 6.67. The number of aliphatic hydroxyl groups excluding tert-OH is 1. The molecule has 1 aliphatic carbocycles. The van der Waals surface area contributed by atoms with Crippen molar-refractivity contribution in [3.05, 3.63) is 12.2 Å². The van der Waals surface area contributed by atoms with Crippen molar-refractivity contribution < 1.29 is 19.4 Å². The molecule has 0 spiro atoms. The van der Waals surface area contributed by atoms with E-state index in [-0.39, 0.29) is 36.1 Å². The number of allylic oxidation sites excluding steroid dienone is 1. The SMILES string of the molecule is C[C@@H]1CCCC[C@@H]2C(=O)C=C[C@@H](O)[C@H]2CC(=O)O1. The highest BCUT2D eigenvalue weighted by molar-refractivity contribution is 5.93. The number of hydrogen-bond donors (Lipinski definition) is 1. The molecule has 4 nitrogen and oxygen atoms in total. The van der Waals surface area contributed by atoms with Gasteiger partial charge in [0.25, 0.3) is 0 Å². The molecule has 0 aromatic rings. The number of ketones is 1. The Balaban J connectivity index is 2.15. The van der Waals surface area contributed by atoms with Crippen LogP contribution < -0.4 is 0 Å². The van der Waals surface area contributed by atoms with E-state index in [1.807, 2.05) is 6.92 Å². The van der Waals surface area contributed by atoms with Crippen LogP contribution in [0.4, 0.5) is 0 Å². The minimum atomic E-state index is -0.713. The van der Waals surface area contributed by atoms with E-state index >= 15 is 0 Å². The van der Waals surface area contributed by atoms with Gasteiger partial charge in [0.15, 0.2) is 5.78 Å². The summed E-state index contributed by atoms with van der Waals surface area (Å²) in [7, 11) is 0. The molecule has 0 bridgehead atoms. The van der Waals surface area contributed by atoms with E-state index in [1.54, 1.807) is 0 Å². The molecule has 0 amide bonds. The van der Waals surface area contributed by atoms with E-state index < -0.39 is 6.10 Å². The Hall–Kier alpha value is -1.16. The fraction of sp³-hybridized carbons (Fsp3) is 0.714. The first kappa shape index (κ1) is 13.3. The number of esters is 1. The van der Waals surface area contributed by atoms with E-state index in [9.17, 15) is 14.7 Å². The fourth-order valence-electron chi connectivity index (χ4n) is 2.85. The minimum Gasteiger partial charge on any atom is -0.463 e. The van der Waals surface area contributed by atoms with Gasteiger partial charge in [0.2, 0.25) is 0 Å². The molecule has 4 heteroatoms. The van der Waals surface area contributed by atoms with Crippen LogP contribution in [0.2, 0.25) is 0 Å². The van der Waals surface area contributed by atoms with Gasteiger partial charge in [-0.05, 0) is 32.3 Å². The largest absolute Gasteiger partial charge is 0.463 e. The molecule has 2 rings (SSSR count). The topological polar surface area (TPSA) is 63.6 Å². The molecule has 0 aromatic heterocycles. The Morgan fingerprint density at radius 2 is 2.00 bits per heavy atom. The Morgan fingerprint density at radius 3 is 2.78 bits per heavy atom. The summed E-state index contributed by atoms with van der Waals surface area (Å²) in [5, 5.41) is 9.94. The zero-order valence-corrected chi connectivity index (χ0v) is 10.7. The van der Waals surface area contributed by atoms with Gasteiger partial charge < -0.3 is 9.84 Å². The van der Waals surface area contributed by atoms with Crippen molar-refractivity contribution in [2.75, 3.05) is 0 Å². The molecule has 0 radical (unpaired) electrons. The molecule has 2 aliphatic rings. The van der Waals surface area contributed by atoms with Crippen LogP contribution in [0, 0.1) is 11.8 Å². The zero-order valence-electron chi connectivity index (χ0n) is 10.7. The van der Waals surface area contributed by atoms with Crippen LogP contribution in [0.5, 0.6) is 0 Å². The highest BCUT2D eigenvalue weighted by atomic mass is 16.5. The maximum Gasteiger partial charge on any atom is 0.306 e. The summed E-state index contributed by atoms with van der Waals surface area (Å²) in [4.78, 5) is 23.6. The van der Waals surface area contributed by atoms with Gasteiger partial charge in [0.05, 0.1) is 18.6 Å². The van der Waals surface area contributed by atoms with Gasteiger partial charge in [0.1, 0.15) is 0 Å². The summed E-state index contributed by atoms with van der Waals surface area (Å²) in [5.41, 5.74) is 0. The lowest BCUT2D eigenvalue weighted by molar-refractivity contribution is -0.152. The average molecular weight is 252 g/mol. The van der Waals surface area contributed by atoms with Gasteiger partial charge in [-0.3, -0.25) is 9.59 Å². The molecule has 0 unspecified atom stereocenters. The molecule has 1 fully saturated rings. The normalized spacial score (nSPS) is 37.9. The summed E-state index contributed by atoms with van der Waals surface area (Å²) in [5.74, 6) is -0.820. The van der Waals surface area contributed by atoms with Crippen LogP contribution in [0.1, 0.15) is 39.0 Å². The Labute approximate surface area is 107 Å². The number of rotatable bonds is 0. The van der Waals surface area contributed by atoms with Crippen molar-refractivity contribution in [1.29, 1.82) is 0 Å². The van der Waals surface area contributed by atoms with Gasteiger partial charge in [-0.15, -0.1) is 0 Å². The minimum absolute atomic E-state index is 0.0340. The van der Waals surface area contributed by atoms with Crippen LogP contribution in [-0.2, 0) is 14.3 Å². The second kappa shape index (κ2) is 5.65. The number of fused-ring (bicyclic) bond motifs is 1. The van der Waals surface area contributed by atoms with Gasteiger partial charge in [-0.1, -0.05) is 12.5 Å². The molecule has 100 valence electrons. The Bertz CT molecular complexity index is 361. The summed E-state index contributed by atoms with van der Waals surface area (Å²) < 4.78 is 5.27. The van der Waals surface area contributed by atoms with Crippen LogP contribution >= 0.6 is 0 Å². The van der Waals surface area contributed by atoms with Crippen LogP contribution in [-0.4, -0.2) is 29.1 Å². The number of hydrogen-bond acceptors (Lipinski definition) is 4. The van der Waals surface area contributed by atoms with E-state index in [1.165, 1.54) is 12.2 Å². The zero-order chi connectivity index (χ0) is 13.1. The third-order valence-corrected chi connectivity index (χ3v) is 3.89. The Morgan fingerprint density at radius 1 is 1.28 bits per heavy atom. The monoisotopic (exact) mass is 252 g/mol. The molecule has 4 atom stereocenters. The number of aliphatic hydroxyl groups is 1. The van der Waals surface area contributed by atoms with Crippen molar-refractivity contribution in [3.8, 4) is 0 Å². The standard InChI is InChI=1S/C14H20O4/c1-9-4-2-3-5-10-11(8-14(17)18-9)13(16)7-6-12(10)15/h6-7,9-11,13,16H,2-5,8H2,1H3/t9-,10+,11+,13-/m1/s1. The lowest BCUT2D eigenvalue weighted by Crippen LogP contribution is -2.37. The predicted molar refractivity (Wildman–Crippen MR) is 65.8 cm³/mol. The van der Waals surface area contributed by atoms with Crippen molar-refractivity contribution >= 4 is 11.8 Å². The van der Waals surface area contributed by atoms with Gasteiger partial charge >= 0.3 is 5.97 Å². The molecular formula is C14H20O4. The maximum atomic E-state index is 11.9. The number of carbonyl (C=O) groups excluding carboxylic acids is 2. The lowest BCUT2D eigenvalue weighted by atomic mass is 9.75. The number of cyclic esters (lactones) is 1. The molecule has 1 N–H and O–H groups in total. The second-order valence-electron chi connectivity index (χ2n) is 5.31. The van der Waals surface area contributed by atoms with E-state index in [0.717, 1.165) is 25.7 Å². The second-order valence-corrected chi connectivity index (χ2v) is 5.31. The Kier molecular flexibility index (Phi) is 4.17. The van der Waals surface area contributed by atoms with E-state index in [4.69, 9.17) is 4.74 Å². The van der Waals surface area contributed by atoms with Gasteiger partial charge in [-0.25, -0.2) is 0 Å². The quantitative estimate of drug-likeness (QED) is 0.665. The first-order chi connectivity index (χ1) is 8.58. The van der Waals surface area contributed by atoms with Crippen molar-refractivity contribution in [3.63, 3.8) is 0 Å². The van der Waals surface area contributed by atoms with E-state index in [2.05, 4.69) is 0 Å². The summed E-state index contributed by atoms with van der Waals surface area (Å²) in [6.45, 7) is 1.89. The third kappa shape index (κ3) is 2.99.